The molecule has 0 fully saturated rings. The highest BCUT2D eigenvalue weighted by atomic mass is 16.4. The summed E-state index contributed by atoms with van der Waals surface area (Å²) in [5, 5.41) is 99.5. The van der Waals surface area contributed by atoms with Gasteiger partial charge in [-0.05, 0) is 18.1 Å². The van der Waals surface area contributed by atoms with Crippen molar-refractivity contribution in [3.8, 4) is 0 Å². The first-order valence-electron chi connectivity index (χ1n) is 22.5. The zero-order chi connectivity index (χ0) is 60.0. The van der Waals surface area contributed by atoms with Gasteiger partial charge >= 0.3 is 53.7 Å². The molecule has 8 amide bonds. The van der Waals surface area contributed by atoms with Crippen LogP contribution in [0.2, 0.25) is 0 Å². The average molecular weight is 1120 g/mol. The van der Waals surface area contributed by atoms with E-state index in [4.69, 9.17) is 10.8 Å². The van der Waals surface area contributed by atoms with Crippen molar-refractivity contribution in [1.82, 2.24) is 47.5 Å². The summed E-state index contributed by atoms with van der Waals surface area (Å²) in [6.45, 7) is 0. The van der Waals surface area contributed by atoms with Crippen LogP contribution >= 0.6 is 0 Å². The number of nitrogens with one attached hydrogen (secondary N) is 9. The van der Waals surface area contributed by atoms with Crippen LogP contribution < -0.4 is 48.3 Å². The van der Waals surface area contributed by atoms with E-state index < -0.39 is 207 Å². The van der Waals surface area contributed by atoms with Crippen LogP contribution in [-0.4, -0.2) is 206 Å². The molecule has 1 aromatic carbocycles. The van der Waals surface area contributed by atoms with Gasteiger partial charge in [0.2, 0.25) is 47.3 Å². The van der Waals surface area contributed by atoms with E-state index in [-0.39, 0.29) is 6.42 Å². The van der Waals surface area contributed by atoms with E-state index in [1.807, 2.05) is 5.32 Å². The first kappa shape index (κ1) is 64.8. The number of carboxylic acids is 9. The van der Waals surface area contributed by atoms with Gasteiger partial charge < -0.3 is 99.2 Å². The van der Waals surface area contributed by atoms with Crippen molar-refractivity contribution in [3.05, 3.63) is 36.0 Å². The normalized spacial score (nSPS) is 14.2. The molecule has 430 valence electrons. The summed E-state index contributed by atoms with van der Waals surface area (Å²) in [7, 11) is 0. The van der Waals surface area contributed by atoms with Crippen LogP contribution in [-0.2, 0) is 87.9 Å². The molecule has 79 heavy (non-hydrogen) atoms. The second-order valence-electron chi connectivity index (χ2n) is 16.8. The zero-order valence-corrected chi connectivity index (χ0v) is 40.5. The molecule has 2 aromatic rings. The molecule has 0 aliphatic carbocycles. The molecule has 0 radical (unpaired) electrons. The molecule has 20 N–H and O–H groups in total. The third-order valence-electron chi connectivity index (χ3n) is 10.5. The number of rotatable bonds is 35. The van der Waals surface area contributed by atoms with Crippen molar-refractivity contribution in [2.45, 2.75) is 112 Å². The van der Waals surface area contributed by atoms with Crippen LogP contribution in [0, 0.1) is 0 Å². The first-order chi connectivity index (χ1) is 36.8. The number of para-hydroxylation sites is 1. The molecule has 0 spiro atoms. The van der Waals surface area contributed by atoms with Gasteiger partial charge in [0, 0.05) is 17.1 Å². The summed E-state index contributed by atoms with van der Waals surface area (Å²) in [5.74, 6) is -29.8. The fourth-order valence-corrected chi connectivity index (χ4v) is 6.88. The zero-order valence-electron chi connectivity index (χ0n) is 40.5. The number of fused-ring (bicyclic) bond motifs is 1. The Kier molecular flexibility index (Phi) is 24.9. The van der Waals surface area contributed by atoms with Crippen molar-refractivity contribution in [1.29, 1.82) is 0 Å². The van der Waals surface area contributed by atoms with Crippen molar-refractivity contribution in [3.63, 3.8) is 0 Å². The summed E-state index contributed by atoms with van der Waals surface area (Å²) in [5.41, 5.74) is 7.26. The Balaban J connectivity index is 2.38. The third-order valence-corrected chi connectivity index (χ3v) is 10.5. The maximum atomic E-state index is 13.6. The predicted octanol–water partition coefficient (Wildman–Crippen LogP) is -7.20. The quantitative estimate of drug-likeness (QED) is 0.0305. The van der Waals surface area contributed by atoms with Gasteiger partial charge in [0.25, 0.3) is 0 Å². The molecule has 9 atom stereocenters. The van der Waals surface area contributed by atoms with Crippen molar-refractivity contribution < 1.29 is 127 Å². The van der Waals surface area contributed by atoms with Crippen molar-refractivity contribution in [2.24, 2.45) is 5.73 Å². The second kappa shape index (κ2) is 30.3. The highest BCUT2D eigenvalue weighted by molar-refractivity contribution is 6.02. The van der Waals surface area contributed by atoms with Crippen molar-refractivity contribution in [2.75, 3.05) is 0 Å². The summed E-state index contributed by atoms with van der Waals surface area (Å²) >= 11 is 0. The number of amides is 8. The lowest BCUT2D eigenvalue weighted by molar-refractivity contribution is -0.148. The van der Waals surface area contributed by atoms with Gasteiger partial charge in [-0.25, -0.2) is 4.79 Å². The van der Waals surface area contributed by atoms with Gasteiger partial charge in [0.1, 0.15) is 48.3 Å². The number of hydrogen-bond acceptors (Lipinski definition) is 18. The van der Waals surface area contributed by atoms with E-state index in [0.717, 1.165) is 0 Å². The molecule has 36 heteroatoms. The molecule has 0 aliphatic heterocycles. The van der Waals surface area contributed by atoms with E-state index in [9.17, 15) is 122 Å². The molecule has 1 aromatic heterocycles. The molecule has 36 nitrogen and oxygen atoms in total. The number of aromatic amines is 1. The number of aromatic nitrogens is 1. The molecule has 0 aliphatic rings. The predicted molar refractivity (Wildman–Crippen MR) is 251 cm³/mol. The van der Waals surface area contributed by atoms with Crippen LogP contribution in [0.3, 0.4) is 0 Å². The van der Waals surface area contributed by atoms with E-state index in [0.29, 0.717) is 16.5 Å². The molecule has 0 unspecified atom stereocenters. The van der Waals surface area contributed by atoms with Crippen LogP contribution in [0.25, 0.3) is 10.9 Å². The minimum Gasteiger partial charge on any atom is -0.481 e. The topological polar surface area (TPSA) is 610 Å². The number of aliphatic carboxylic acids is 9. The number of nitrogens with two attached hydrogens (primary N) is 1. The molecule has 1 heterocycles. The number of carbonyl (C=O) groups is 17. The van der Waals surface area contributed by atoms with Gasteiger partial charge in [0.15, 0.2) is 0 Å². The molecular weight excluding hydrogens is 1070 g/mol. The Morgan fingerprint density at radius 2 is 0.582 bits per heavy atom. The van der Waals surface area contributed by atoms with Gasteiger partial charge in [-0.15, -0.1) is 0 Å². The van der Waals surface area contributed by atoms with E-state index in [1.54, 1.807) is 62.4 Å². The Labute approximate surface area is 440 Å². The minimum absolute atomic E-state index is 0.151. The molecule has 2 rings (SSSR count). The molecule has 0 bridgehead atoms. The smallest absolute Gasteiger partial charge is 0.326 e. The average Bonchev–Trinajstić information content (AvgIpc) is 3.73. The highest BCUT2D eigenvalue weighted by Gasteiger charge is 2.38. The largest absolute Gasteiger partial charge is 0.481 e. The van der Waals surface area contributed by atoms with Gasteiger partial charge in [-0.2, -0.15) is 0 Å². The number of carboxylic acid groups (broad SMARTS) is 9. The fourth-order valence-electron chi connectivity index (χ4n) is 6.88. The molecular formula is C43H52N10O26. The van der Waals surface area contributed by atoms with Gasteiger partial charge in [-0.1, -0.05) is 18.2 Å². The maximum absolute atomic E-state index is 13.6. The number of benzene rings is 1. The van der Waals surface area contributed by atoms with Gasteiger partial charge in [0.05, 0.1) is 57.4 Å². The lowest BCUT2D eigenvalue weighted by Crippen LogP contribution is -2.61. The van der Waals surface area contributed by atoms with Crippen LogP contribution in [0.15, 0.2) is 30.5 Å². The summed E-state index contributed by atoms with van der Waals surface area (Å²) in [6, 6.07) is -13.3. The second-order valence-corrected chi connectivity index (χ2v) is 16.8. The Morgan fingerprint density at radius 1 is 0.354 bits per heavy atom. The summed E-state index contributed by atoms with van der Waals surface area (Å²) < 4.78 is 0. The monoisotopic (exact) mass is 1120 g/mol. The molecule has 0 saturated carbocycles. The van der Waals surface area contributed by atoms with E-state index >= 15 is 0 Å². The number of carbonyl (C=O) groups excluding carboxylic acids is 8. The summed E-state index contributed by atoms with van der Waals surface area (Å²) in [6.07, 6.45) is -9.74. The first-order valence-corrected chi connectivity index (χ1v) is 22.5. The van der Waals surface area contributed by atoms with Crippen molar-refractivity contribution >= 4 is 112 Å². The van der Waals surface area contributed by atoms with Crippen LogP contribution in [0.4, 0.5) is 0 Å². The SMILES string of the molecule is N[C@@H](Cc1c[nH]c2ccccc12)C(=O)N[C@@H](CC(=O)O)C(=O)N[C@@H](CC(=O)O)C(=O)N[C@@H](CC(=O)O)C(=O)N[C@@H](CC(=O)O)C(=O)N[C@@H](CC(=O)O)C(=O)N[C@@H](CC(=O)O)C(=O)N[C@@H](CC(=O)O)C(=O)N[C@@H](CC(=O)O)C(=O)O. The molecule has 0 saturated heterocycles. The lowest BCUT2D eigenvalue weighted by Gasteiger charge is -2.26. The number of hydrogen-bond donors (Lipinski definition) is 19. The van der Waals surface area contributed by atoms with E-state index in [2.05, 4.69) is 10.3 Å². The fraction of sp³-hybridized carbons (Fsp3) is 0.419. The minimum atomic E-state index is -2.48. The number of H-pyrrole nitrogens is 1. The Hall–Kier alpha value is -10.3. The summed E-state index contributed by atoms with van der Waals surface area (Å²) in [4.78, 5) is 214. The Bertz CT molecular complexity index is 2740. The van der Waals surface area contributed by atoms with Gasteiger partial charge in [-0.3, -0.25) is 76.7 Å². The van der Waals surface area contributed by atoms with Crippen LogP contribution in [0.5, 0.6) is 0 Å². The lowest BCUT2D eigenvalue weighted by atomic mass is 10.0. The van der Waals surface area contributed by atoms with Crippen LogP contribution in [0.1, 0.15) is 56.9 Å². The Morgan fingerprint density at radius 3 is 0.835 bits per heavy atom. The van der Waals surface area contributed by atoms with E-state index in [1.165, 1.54) is 0 Å². The highest BCUT2D eigenvalue weighted by Crippen LogP contribution is 2.19. The maximum Gasteiger partial charge on any atom is 0.326 e. The standard InChI is InChI=1S/C43H52N10O26/c44-17(5-15-14-45-18-4-2-1-3-16(15)18)35(70)46-19(6-27(54)55)36(71)47-20(7-28(56)57)37(72)48-21(8-29(58)59)38(73)49-22(9-30(60)61)39(74)50-23(10-31(62)63)40(75)51-24(11-32(64)65)41(76)52-25(12-33(66)67)42(77)53-26(43(78)79)13-34(68)69/h1-4,14,17,19-26,45H,5-13,44H2,(H,46,70)(H,47,71)(H,48,72)(H,49,73)(H,50,74)(H,51,75)(H,52,76)(H,53,77)(H,54,55)(H,56,57)(H,58,59)(H,60,61)(H,62,63)(H,64,65)(H,66,67)(H,68,69)(H,78,79)/t17-,19-,20-,21-,22-,23-,24-,25-,26-/m0/s1. The third kappa shape index (κ3) is 22.6.